The zero-order valence-corrected chi connectivity index (χ0v) is 26.8. The van der Waals surface area contributed by atoms with Gasteiger partial charge >= 0.3 is 0 Å². The number of rotatable bonds is 11. The molecule has 1 fully saturated rings. The van der Waals surface area contributed by atoms with Gasteiger partial charge in [0, 0.05) is 35.2 Å². The topological polar surface area (TPSA) is 168 Å². The van der Waals surface area contributed by atoms with Crippen molar-refractivity contribution >= 4 is 23.4 Å². The second-order valence-corrected chi connectivity index (χ2v) is 12.5. The van der Waals surface area contributed by atoms with E-state index in [0.717, 1.165) is 42.4 Å². The molecule has 1 atom stereocenters. The zero-order valence-electron chi connectivity index (χ0n) is 26.8. The van der Waals surface area contributed by atoms with Crippen LogP contribution in [-0.2, 0) is 16.0 Å². The molecule has 246 valence electrons. The van der Waals surface area contributed by atoms with Crippen LogP contribution in [-0.4, -0.2) is 57.0 Å². The molecular weight excluding hydrogens is 599 g/mol. The molecule has 1 aliphatic rings. The van der Waals surface area contributed by atoms with Crippen LogP contribution < -0.4 is 21.7 Å². The number of carbonyl (C=O) groups is 3. The number of hydrogen-bond donors (Lipinski definition) is 5. The van der Waals surface area contributed by atoms with Crippen molar-refractivity contribution in [2.75, 3.05) is 11.9 Å². The molecule has 0 aliphatic heterocycles. The van der Waals surface area contributed by atoms with Gasteiger partial charge in [-0.05, 0) is 123 Å². The molecule has 47 heavy (non-hydrogen) atoms. The lowest BCUT2D eigenvalue weighted by atomic mass is 9.81. The first kappa shape index (κ1) is 33.4. The molecule has 1 saturated carbocycles. The summed E-state index contributed by atoms with van der Waals surface area (Å²) in [4.78, 5) is 39.6. The fraction of sp³-hybridized carbons (Fsp3) is 0.371. The van der Waals surface area contributed by atoms with E-state index in [0.29, 0.717) is 35.1 Å². The van der Waals surface area contributed by atoms with Gasteiger partial charge in [0.25, 0.3) is 5.91 Å². The van der Waals surface area contributed by atoms with Crippen molar-refractivity contribution in [1.82, 2.24) is 31.3 Å². The molecule has 3 aromatic carbocycles. The van der Waals surface area contributed by atoms with Crippen LogP contribution in [0.5, 0.6) is 0 Å². The van der Waals surface area contributed by atoms with Gasteiger partial charge < -0.3 is 21.7 Å². The standard InChI is InChI=1S/C35H41FN8O3/c1-20(2)38-34(46)27-17-29(21(3)30(36)18-27)24-8-4-22(5-9-24)16-31(40-33(45)26-10-6-23(19-37)7-11-26)35(47)39-28-14-12-25(13-15-28)32-41-43-44-42-32/h4-5,8-9,12-15,17-18,20,23,26,31H,6-7,10-11,16,19,37H2,1-3H3,(H,38,46)(H,39,47)(H,40,45)(H,41,42,43,44)/t23-,26-,31-/m0/s1. The summed E-state index contributed by atoms with van der Waals surface area (Å²) in [5.74, 6) is -0.630. The number of tetrazole rings is 1. The maximum absolute atomic E-state index is 14.9. The van der Waals surface area contributed by atoms with Gasteiger partial charge in [0.1, 0.15) is 11.9 Å². The van der Waals surface area contributed by atoms with Gasteiger partial charge in [0.05, 0.1) is 0 Å². The van der Waals surface area contributed by atoms with Crippen LogP contribution in [0.4, 0.5) is 10.1 Å². The Hall–Kier alpha value is -4.97. The number of nitrogens with zero attached hydrogens (tertiary/aromatic N) is 3. The van der Waals surface area contributed by atoms with Gasteiger partial charge in [0.15, 0.2) is 0 Å². The van der Waals surface area contributed by atoms with Gasteiger partial charge in [-0.2, -0.15) is 5.21 Å². The molecule has 0 saturated heterocycles. The van der Waals surface area contributed by atoms with E-state index in [2.05, 4.69) is 36.6 Å². The molecule has 11 nitrogen and oxygen atoms in total. The van der Waals surface area contributed by atoms with Gasteiger partial charge in [-0.15, -0.1) is 10.2 Å². The second-order valence-electron chi connectivity index (χ2n) is 12.5. The minimum atomic E-state index is -0.847. The lowest BCUT2D eigenvalue weighted by molar-refractivity contribution is -0.130. The Morgan fingerprint density at radius 1 is 0.957 bits per heavy atom. The first-order valence-corrected chi connectivity index (χ1v) is 16.0. The highest BCUT2D eigenvalue weighted by Gasteiger charge is 2.29. The third-order valence-electron chi connectivity index (χ3n) is 8.67. The number of amides is 3. The van der Waals surface area contributed by atoms with E-state index in [1.165, 1.54) is 6.07 Å². The van der Waals surface area contributed by atoms with E-state index in [1.807, 2.05) is 38.1 Å². The van der Waals surface area contributed by atoms with Crippen molar-refractivity contribution in [3.05, 3.63) is 83.2 Å². The Morgan fingerprint density at radius 2 is 1.64 bits per heavy atom. The van der Waals surface area contributed by atoms with Crippen molar-refractivity contribution in [2.45, 2.75) is 65.0 Å². The van der Waals surface area contributed by atoms with Crippen molar-refractivity contribution in [3.8, 4) is 22.5 Å². The number of nitrogens with one attached hydrogen (secondary N) is 4. The molecule has 1 heterocycles. The molecule has 0 spiro atoms. The summed E-state index contributed by atoms with van der Waals surface area (Å²) in [5, 5.41) is 22.7. The van der Waals surface area contributed by atoms with Crippen molar-refractivity contribution in [1.29, 1.82) is 0 Å². The molecule has 0 bridgehead atoms. The monoisotopic (exact) mass is 640 g/mol. The predicted octanol–water partition coefficient (Wildman–Crippen LogP) is 4.55. The molecule has 1 aliphatic carbocycles. The Bertz CT molecular complexity index is 1680. The number of H-pyrrole nitrogens is 1. The summed E-state index contributed by atoms with van der Waals surface area (Å²) in [7, 11) is 0. The van der Waals surface area contributed by atoms with Crippen LogP contribution in [0.25, 0.3) is 22.5 Å². The summed E-state index contributed by atoms with van der Waals surface area (Å²) in [6.07, 6.45) is 3.48. The molecular formula is C35H41FN8O3. The highest BCUT2D eigenvalue weighted by Crippen LogP contribution is 2.30. The highest BCUT2D eigenvalue weighted by molar-refractivity contribution is 5.98. The lowest BCUT2D eigenvalue weighted by Crippen LogP contribution is -2.48. The van der Waals surface area contributed by atoms with E-state index >= 15 is 0 Å². The number of aromatic nitrogens is 4. The van der Waals surface area contributed by atoms with Crippen LogP contribution in [0.2, 0.25) is 0 Å². The third kappa shape index (κ3) is 8.44. The normalized spacial score (nSPS) is 16.8. The smallest absolute Gasteiger partial charge is 0.251 e. The number of nitrogens with two attached hydrogens (primary N) is 1. The molecule has 6 N–H and O–H groups in total. The first-order valence-electron chi connectivity index (χ1n) is 16.0. The minimum Gasteiger partial charge on any atom is -0.350 e. The van der Waals surface area contributed by atoms with Gasteiger partial charge in [-0.1, -0.05) is 24.3 Å². The van der Waals surface area contributed by atoms with Crippen molar-refractivity contribution < 1.29 is 18.8 Å². The third-order valence-corrected chi connectivity index (χ3v) is 8.67. The fourth-order valence-corrected chi connectivity index (χ4v) is 5.89. The summed E-state index contributed by atoms with van der Waals surface area (Å²) in [6, 6.07) is 16.4. The Kier molecular flexibility index (Phi) is 10.7. The second kappa shape index (κ2) is 15.1. The van der Waals surface area contributed by atoms with Crippen LogP contribution in [0.15, 0.2) is 60.7 Å². The summed E-state index contributed by atoms with van der Waals surface area (Å²) < 4.78 is 14.9. The predicted molar refractivity (Wildman–Crippen MR) is 178 cm³/mol. The van der Waals surface area contributed by atoms with E-state index < -0.39 is 11.9 Å². The molecule has 3 amide bonds. The summed E-state index contributed by atoms with van der Waals surface area (Å²) in [6.45, 7) is 5.98. The number of hydrogen-bond acceptors (Lipinski definition) is 7. The molecule has 4 aromatic rings. The minimum absolute atomic E-state index is 0.0859. The van der Waals surface area contributed by atoms with Crippen LogP contribution in [0.3, 0.4) is 0 Å². The molecule has 12 heteroatoms. The number of halogens is 1. The average Bonchev–Trinajstić information content (AvgIpc) is 3.61. The van der Waals surface area contributed by atoms with Gasteiger partial charge in [0.2, 0.25) is 17.6 Å². The molecule has 5 rings (SSSR count). The van der Waals surface area contributed by atoms with Crippen LogP contribution in [0.1, 0.15) is 61.0 Å². The Labute approximate surface area is 273 Å². The maximum Gasteiger partial charge on any atom is 0.251 e. The quantitative estimate of drug-likeness (QED) is 0.160. The maximum atomic E-state index is 14.9. The SMILES string of the molecule is Cc1c(F)cc(C(=O)NC(C)C)cc1-c1ccc(C[C@H](NC(=O)[C@H]2CC[C@H](CN)CC2)C(=O)Nc2ccc(-c3nn[nH]n3)cc2)cc1. The largest absolute Gasteiger partial charge is 0.350 e. The van der Waals surface area contributed by atoms with Crippen LogP contribution >= 0.6 is 0 Å². The fourth-order valence-electron chi connectivity index (χ4n) is 5.89. The number of aromatic amines is 1. The highest BCUT2D eigenvalue weighted by atomic mass is 19.1. The molecule has 0 unspecified atom stereocenters. The van der Waals surface area contributed by atoms with E-state index in [9.17, 15) is 18.8 Å². The number of anilines is 1. The van der Waals surface area contributed by atoms with Gasteiger partial charge in [-0.3, -0.25) is 14.4 Å². The molecule has 1 aromatic heterocycles. The Morgan fingerprint density at radius 3 is 2.26 bits per heavy atom. The summed E-state index contributed by atoms with van der Waals surface area (Å²) in [5.41, 5.74) is 9.94. The number of carbonyl (C=O) groups excluding carboxylic acids is 3. The zero-order chi connectivity index (χ0) is 33.5. The summed E-state index contributed by atoms with van der Waals surface area (Å²) >= 11 is 0. The van der Waals surface area contributed by atoms with E-state index in [1.54, 1.807) is 37.3 Å². The Balaban J connectivity index is 1.34. The van der Waals surface area contributed by atoms with Crippen molar-refractivity contribution in [2.24, 2.45) is 17.6 Å². The van der Waals surface area contributed by atoms with Crippen molar-refractivity contribution in [3.63, 3.8) is 0 Å². The van der Waals surface area contributed by atoms with Gasteiger partial charge in [-0.25, -0.2) is 4.39 Å². The average molecular weight is 641 g/mol. The van der Waals surface area contributed by atoms with E-state index in [4.69, 9.17) is 5.73 Å². The number of benzene rings is 3. The lowest BCUT2D eigenvalue weighted by Gasteiger charge is -2.28. The first-order chi connectivity index (χ1) is 22.6. The van der Waals surface area contributed by atoms with E-state index in [-0.39, 0.29) is 41.7 Å². The van der Waals surface area contributed by atoms with Crippen LogP contribution in [0, 0.1) is 24.6 Å². The molecule has 0 radical (unpaired) electrons.